The summed E-state index contributed by atoms with van der Waals surface area (Å²) < 4.78 is 5.06. The molecule has 2 rings (SSSR count). The molecule has 5 nitrogen and oxygen atoms in total. The molecule has 1 aliphatic carbocycles. The van der Waals surface area contributed by atoms with Crippen LogP contribution in [0.25, 0.3) is 0 Å². The minimum atomic E-state index is -0.472. The summed E-state index contributed by atoms with van der Waals surface area (Å²) in [5.41, 5.74) is 1.22. The summed E-state index contributed by atoms with van der Waals surface area (Å²) in [5, 5.41) is 3.15. The molecule has 20 heavy (non-hydrogen) atoms. The number of carbonyl (C=O) groups excluding carboxylic acids is 2. The van der Waals surface area contributed by atoms with Crippen molar-refractivity contribution >= 4 is 11.9 Å². The lowest BCUT2D eigenvalue weighted by molar-refractivity contribution is -0.155. The number of allylic oxidation sites excluding steroid dienone is 1. The fraction of sp³-hybridized carbons (Fsp3) is 0.733. The number of hydrogen-bond acceptors (Lipinski definition) is 4. The van der Waals surface area contributed by atoms with Crippen molar-refractivity contribution in [3.63, 3.8) is 0 Å². The molecule has 0 aromatic heterocycles. The average molecular weight is 280 g/mol. The van der Waals surface area contributed by atoms with E-state index in [1.807, 2.05) is 0 Å². The fourth-order valence-corrected chi connectivity index (χ4v) is 2.81. The molecule has 112 valence electrons. The minimum Gasteiger partial charge on any atom is -0.464 e. The van der Waals surface area contributed by atoms with E-state index in [1.165, 1.54) is 18.4 Å². The molecule has 2 aliphatic rings. The molecule has 0 saturated carbocycles. The van der Waals surface area contributed by atoms with Crippen molar-refractivity contribution < 1.29 is 14.3 Å². The van der Waals surface area contributed by atoms with Crippen LogP contribution in [0.3, 0.4) is 0 Å². The van der Waals surface area contributed by atoms with Crippen molar-refractivity contribution in [1.29, 1.82) is 0 Å². The van der Waals surface area contributed by atoms with E-state index >= 15 is 0 Å². The Morgan fingerprint density at radius 2 is 2.30 bits per heavy atom. The van der Waals surface area contributed by atoms with Crippen LogP contribution in [0.2, 0.25) is 0 Å². The predicted octanol–water partition coefficient (Wildman–Crippen LogP) is 1.24. The van der Waals surface area contributed by atoms with E-state index in [1.54, 1.807) is 11.8 Å². The number of esters is 1. The van der Waals surface area contributed by atoms with Crippen LogP contribution in [0.5, 0.6) is 0 Å². The number of rotatable bonds is 4. The average Bonchev–Trinajstić information content (AvgIpc) is 2.48. The largest absolute Gasteiger partial charge is 0.464 e. The molecule has 0 bridgehead atoms. The molecule has 1 fully saturated rings. The molecule has 1 amide bonds. The lowest BCUT2D eigenvalue weighted by Crippen LogP contribution is -2.57. The van der Waals surface area contributed by atoms with E-state index in [2.05, 4.69) is 11.4 Å². The highest BCUT2D eigenvalue weighted by molar-refractivity contribution is 5.86. The molecule has 0 aromatic rings. The summed E-state index contributed by atoms with van der Waals surface area (Å²) >= 11 is 0. The van der Waals surface area contributed by atoms with Crippen LogP contribution in [-0.4, -0.2) is 49.1 Å². The van der Waals surface area contributed by atoms with E-state index in [9.17, 15) is 9.59 Å². The highest BCUT2D eigenvalue weighted by Gasteiger charge is 2.33. The maximum absolute atomic E-state index is 12.4. The van der Waals surface area contributed by atoms with Crippen LogP contribution < -0.4 is 5.32 Å². The maximum Gasteiger partial charge on any atom is 0.330 e. The van der Waals surface area contributed by atoms with Crippen LogP contribution >= 0.6 is 0 Å². The molecule has 1 unspecified atom stereocenters. The van der Waals surface area contributed by atoms with Crippen molar-refractivity contribution in [1.82, 2.24) is 10.2 Å². The first kappa shape index (κ1) is 15.0. The second-order valence-electron chi connectivity index (χ2n) is 5.34. The molecule has 1 atom stereocenters. The van der Waals surface area contributed by atoms with Gasteiger partial charge in [0.15, 0.2) is 0 Å². The van der Waals surface area contributed by atoms with Gasteiger partial charge in [0.2, 0.25) is 5.91 Å². The first-order valence-corrected chi connectivity index (χ1v) is 7.57. The summed E-state index contributed by atoms with van der Waals surface area (Å²) in [5.74, 6) is -0.247. The van der Waals surface area contributed by atoms with E-state index in [-0.39, 0.29) is 11.9 Å². The van der Waals surface area contributed by atoms with E-state index in [0.29, 0.717) is 26.1 Å². The summed E-state index contributed by atoms with van der Waals surface area (Å²) in [4.78, 5) is 26.1. The van der Waals surface area contributed by atoms with Gasteiger partial charge in [-0.3, -0.25) is 4.79 Å². The predicted molar refractivity (Wildman–Crippen MR) is 76.2 cm³/mol. The van der Waals surface area contributed by atoms with Crippen molar-refractivity contribution in [2.45, 2.75) is 45.1 Å². The summed E-state index contributed by atoms with van der Waals surface area (Å²) in [6, 6.07) is -0.472. The Bertz CT molecular complexity index is 393. The normalized spacial score (nSPS) is 23.1. The SMILES string of the molecule is CCOC(=O)C1CNCCN1C(=O)CC1=CCCCC1. The van der Waals surface area contributed by atoms with Crippen molar-refractivity contribution in [2.24, 2.45) is 0 Å². The maximum atomic E-state index is 12.4. The van der Waals surface area contributed by atoms with Crippen molar-refractivity contribution in [3.8, 4) is 0 Å². The van der Waals surface area contributed by atoms with E-state index in [4.69, 9.17) is 4.74 Å². The van der Waals surface area contributed by atoms with E-state index in [0.717, 1.165) is 19.4 Å². The van der Waals surface area contributed by atoms with Gasteiger partial charge in [-0.25, -0.2) is 4.79 Å². The highest BCUT2D eigenvalue weighted by atomic mass is 16.5. The number of carbonyl (C=O) groups is 2. The Morgan fingerprint density at radius 3 is 3.00 bits per heavy atom. The van der Waals surface area contributed by atoms with Crippen molar-refractivity contribution in [2.75, 3.05) is 26.2 Å². The fourth-order valence-electron chi connectivity index (χ4n) is 2.81. The summed E-state index contributed by atoms with van der Waals surface area (Å²) in [6.07, 6.45) is 7.12. The number of nitrogens with one attached hydrogen (secondary N) is 1. The van der Waals surface area contributed by atoms with Crippen LogP contribution in [0.1, 0.15) is 39.0 Å². The molecule has 1 N–H and O–H groups in total. The van der Waals surface area contributed by atoms with Gasteiger partial charge in [0.1, 0.15) is 6.04 Å². The number of ether oxygens (including phenoxy) is 1. The van der Waals surface area contributed by atoms with Crippen LogP contribution in [-0.2, 0) is 14.3 Å². The van der Waals surface area contributed by atoms with Crippen LogP contribution in [0.4, 0.5) is 0 Å². The van der Waals surface area contributed by atoms with Gasteiger partial charge in [-0.15, -0.1) is 0 Å². The van der Waals surface area contributed by atoms with Gasteiger partial charge in [0, 0.05) is 26.1 Å². The van der Waals surface area contributed by atoms with Gasteiger partial charge >= 0.3 is 5.97 Å². The Balaban J connectivity index is 1.97. The molecule has 5 heteroatoms. The molecule has 0 aromatic carbocycles. The van der Waals surface area contributed by atoms with Crippen molar-refractivity contribution in [3.05, 3.63) is 11.6 Å². The molecule has 0 radical (unpaired) electrons. The smallest absolute Gasteiger partial charge is 0.330 e. The zero-order valence-corrected chi connectivity index (χ0v) is 12.2. The quantitative estimate of drug-likeness (QED) is 0.622. The van der Waals surface area contributed by atoms with Gasteiger partial charge in [0.05, 0.1) is 6.61 Å². The van der Waals surface area contributed by atoms with Gasteiger partial charge in [0.25, 0.3) is 0 Å². The third-order valence-electron chi connectivity index (χ3n) is 3.89. The second kappa shape index (κ2) is 7.43. The molecular weight excluding hydrogens is 256 g/mol. The number of nitrogens with zero attached hydrogens (tertiary/aromatic N) is 1. The van der Waals surface area contributed by atoms with Gasteiger partial charge < -0.3 is 15.0 Å². The molecule has 0 spiro atoms. The van der Waals surface area contributed by atoms with Crippen LogP contribution in [0, 0.1) is 0 Å². The standard InChI is InChI=1S/C15H24N2O3/c1-2-20-15(19)13-11-16-8-9-17(13)14(18)10-12-6-4-3-5-7-12/h6,13,16H,2-5,7-11H2,1H3. The molecule has 1 aliphatic heterocycles. The van der Waals surface area contributed by atoms with Crippen LogP contribution in [0.15, 0.2) is 11.6 Å². The Kier molecular flexibility index (Phi) is 5.59. The first-order valence-electron chi connectivity index (χ1n) is 7.57. The minimum absolute atomic E-state index is 0.0534. The molecular formula is C15H24N2O3. The van der Waals surface area contributed by atoms with Gasteiger partial charge in [-0.05, 0) is 32.6 Å². The second-order valence-corrected chi connectivity index (χ2v) is 5.34. The van der Waals surface area contributed by atoms with Gasteiger partial charge in [-0.1, -0.05) is 11.6 Å². The number of hydrogen-bond donors (Lipinski definition) is 1. The third kappa shape index (κ3) is 3.82. The first-order chi connectivity index (χ1) is 9.72. The zero-order valence-electron chi connectivity index (χ0n) is 12.2. The topological polar surface area (TPSA) is 58.6 Å². The number of amides is 1. The third-order valence-corrected chi connectivity index (χ3v) is 3.89. The highest BCUT2D eigenvalue weighted by Crippen LogP contribution is 2.21. The van der Waals surface area contributed by atoms with E-state index < -0.39 is 6.04 Å². The Labute approximate surface area is 120 Å². The lowest BCUT2D eigenvalue weighted by Gasteiger charge is -2.35. The lowest BCUT2D eigenvalue weighted by atomic mass is 9.96. The summed E-state index contributed by atoms with van der Waals surface area (Å²) in [6.45, 7) is 3.94. The Morgan fingerprint density at radius 1 is 1.45 bits per heavy atom. The molecule has 1 heterocycles. The Hall–Kier alpha value is -1.36. The summed E-state index contributed by atoms with van der Waals surface area (Å²) in [7, 11) is 0. The van der Waals surface area contributed by atoms with Gasteiger partial charge in [-0.2, -0.15) is 0 Å². The zero-order chi connectivity index (χ0) is 14.4. The number of piperazine rings is 1. The molecule has 1 saturated heterocycles. The monoisotopic (exact) mass is 280 g/mol.